The summed E-state index contributed by atoms with van der Waals surface area (Å²) in [7, 11) is 1.16. The van der Waals surface area contributed by atoms with E-state index in [9.17, 15) is 22.8 Å². The van der Waals surface area contributed by atoms with E-state index in [1.807, 2.05) is 0 Å². The van der Waals surface area contributed by atoms with Crippen molar-refractivity contribution in [3.63, 3.8) is 0 Å². The average molecular weight is 306 g/mol. The zero-order chi connectivity index (χ0) is 16.4. The van der Waals surface area contributed by atoms with Crippen molar-refractivity contribution >= 4 is 11.8 Å². The second-order valence-electron chi connectivity index (χ2n) is 4.35. The van der Waals surface area contributed by atoms with Gasteiger partial charge in [-0.25, -0.2) is 4.79 Å². The predicted molar refractivity (Wildman–Crippen MR) is 66.1 cm³/mol. The Morgan fingerprint density at radius 2 is 1.71 bits per heavy atom. The van der Waals surface area contributed by atoms with Gasteiger partial charge in [0.05, 0.1) is 18.8 Å². The Labute approximate surface area is 118 Å². The van der Waals surface area contributed by atoms with E-state index in [-0.39, 0.29) is 11.5 Å². The van der Waals surface area contributed by atoms with Gasteiger partial charge in [0.15, 0.2) is 0 Å². The van der Waals surface area contributed by atoms with Crippen molar-refractivity contribution in [1.29, 1.82) is 0 Å². The van der Waals surface area contributed by atoms with Gasteiger partial charge in [-0.1, -0.05) is 0 Å². The number of hydrogen-bond donors (Lipinski definition) is 1. The van der Waals surface area contributed by atoms with Gasteiger partial charge in [0, 0.05) is 6.07 Å². The molecule has 0 bridgehead atoms. The molecular formula is C13H13F3O5. The number of methoxy groups -OCH3 is 1. The Hall–Kier alpha value is -2.25. The third kappa shape index (κ3) is 3.87. The number of rotatable bonds is 5. The molecule has 0 aliphatic carbocycles. The van der Waals surface area contributed by atoms with Crippen molar-refractivity contribution in [2.24, 2.45) is 0 Å². The Morgan fingerprint density at radius 1 is 1.14 bits per heavy atom. The van der Waals surface area contributed by atoms with Crippen LogP contribution in [0.15, 0.2) is 12.1 Å². The van der Waals surface area contributed by atoms with E-state index in [0.29, 0.717) is 6.07 Å². The molecule has 8 heteroatoms. The van der Waals surface area contributed by atoms with Crippen molar-refractivity contribution in [3.8, 4) is 11.5 Å². The minimum Gasteiger partial charge on any atom is -0.496 e. The Kier molecular flexibility index (Phi) is 4.82. The number of carbonyl (C=O) groups is 2. The molecule has 0 aliphatic heterocycles. The fraction of sp³-hybridized carbons (Fsp3) is 0.385. The maximum Gasteiger partial charge on any atom is 0.455 e. The molecule has 1 aromatic rings. The lowest BCUT2D eigenvalue weighted by Gasteiger charge is -2.17. The number of benzene rings is 1. The highest BCUT2D eigenvalue weighted by atomic mass is 19.4. The zero-order valence-corrected chi connectivity index (χ0v) is 11.4. The molecule has 5 nitrogen and oxygen atoms in total. The molecule has 1 rings (SSSR count). The fourth-order valence-electron chi connectivity index (χ4n) is 1.58. The van der Waals surface area contributed by atoms with Crippen molar-refractivity contribution in [2.75, 3.05) is 7.11 Å². The summed E-state index contributed by atoms with van der Waals surface area (Å²) in [6.07, 6.45) is -5.65. The lowest BCUT2D eigenvalue weighted by atomic mass is 10.0. The monoisotopic (exact) mass is 306 g/mol. The summed E-state index contributed by atoms with van der Waals surface area (Å²) >= 11 is 0. The number of alkyl halides is 3. The van der Waals surface area contributed by atoms with E-state index in [4.69, 9.17) is 14.6 Å². The molecule has 0 aliphatic rings. The number of aromatic carboxylic acids is 1. The van der Waals surface area contributed by atoms with Crippen LogP contribution in [0.1, 0.15) is 34.6 Å². The van der Waals surface area contributed by atoms with Gasteiger partial charge >= 0.3 is 12.1 Å². The number of ketones is 1. The first kappa shape index (κ1) is 16.8. The summed E-state index contributed by atoms with van der Waals surface area (Å²) in [4.78, 5) is 22.4. The van der Waals surface area contributed by atoms with Gasteiger partial charge in [0.25, 0.3) is 5.78 Å². The first-order valence-corrected chi connectivity index (χ1v) is 5.81. The molecule has 116 valence electrons. The van der Waals surface area contributed by atoms with Crippen LogP contribution in [0, 0.1) is 0 Å². The maximum atomic E-state index is 12.6. The van der Waals surface area contributed by atoms with Gasteiger partial charge < -0.3 is 14.6 Å². The lowest BCUT2D eigenvalue weighted by Crippen LogP contribution is -2.24. The van der Waals surface area contributed by atoms with Crippen LogP contribution in [0.5, 0.6) is 11.5 Å². The lowest BCUT2D eigenvalue weighted by molar-refractivity contribution is -0.0887. The van der Waals surface area contributed by atoms with E-state index in [1.54, 1.807) is 13.8 Å². The zero-order valence-electron chi connectivity index (χ0n) is 11.4. The number of halogens is 3. The molecule has 0 aromatic heterocycles. The number of hydrogen-bond acceptors (Lipinski definition) is 4. The quantitative estimate of drug-likeness (QED) is 0.847. The molecule has 0 heterocycles. The second kappa shape index (κ2) is 6.02. The molecular weight excluding hydrogens is 293 g/mol. The molecule has 0 spiro atoms. The molecule has 0 fully saturated rings. The van der Waals surface area contributed by atoms with Crippen LogP contribution in [0.3, 0.4) is 0 Å². The Bertz CT molecular complexity index is 564. The first-order valence-electron chi connectivity index (χ1n) is 5.81. The van der Waals surface area contributed by atoms with Crippen LogP contribution in [-0.2, 0) is 0 Å². The molecule has 0 saturated heterocycles. The molecule has 0 unspecified atom stereocenters. The second-order valence-corrected chi connectivity index (χ2v) is 4.35. The Morgan fingerprint density at radius 3 is 2.10 bits per heavy atom. The highest BCUT2D eigenvalue weighted by molar-refractivity contribution is 6.05. The molecule has 0 radical (unpaired) electrons. The summed E-state index contributed by atoms with van der Waals surface area (Å²) in [5.41, 5.74) is -1.42. The normalized spacial score (nSPS) is 11.4. The topological polar surface area (TPSA) is 72.8 Å². The number of carboxylic acids is 1. The molecule has 0 saturated carbocycles. The van der Waals surface area contributed by atoms with Crippen LogP contribution < -0.4 is 9.47 Å². The summed E-state index contributed by atoms with van der Waals surface area (Å²) in [6, 6.07) is 1.57. The van der Waals surface area contributed by atoms with Gasteiger partial charge in [0.2, 0.25) is 0 Å². The highest BCUT2D eigenvalue weighted by Gasteiger charge is 2.41. The van der Waals surface area contributed by atoms with Crippen LogP contribution in [0.4, 0.5) is 13.2 Å². The standard InChI is InChI=1S/C13H13F3O5/c1-6(2)21-10-5-9(20-3)8(12(18)19)4-7(10)11(17)13(14,15)16/h4-6H,1-3H3,(H,18,19). The molecule has 1 N–H and O–H groups in total. The van der Waals surface area contributed by atoms with Gasteiger partial charge in [-0.2, -0.15) is 13.2 Å². The van der Waals surface area contributed by atoms with Crippen molar-refractivity contribution in [1.82, 2.24) is 0 Å². The van der Waals surface area contributed by atoms with Crippen LogP contribution >= 0.6 is 0 Å². The summed E-state index contributed by atoms with van der Waals surface area (Å²) < 4.78 is 47.7. The molecule has 0 amide bonds. The first-order chi connectivity index (χ1) is 9.57. The van der Waals surface area contributed by atoms with E-state index in [1.165, 1.54) is 0 Å². The minimum atomic E-state index is -5.14. The van der Waals surface area contributed by atoms with E-state index < -0.39 is 35.2 Å². The fourth-order valence-corrected chi connectivity index (χ4v) is 1.58. The highest BCUT2D eigenvalue weighted by Crippen LogP contribution is 2.34. The van der Waals surface area contributed by atoms with E-state index >= 15 is 0 Å². The third-order valence-electron chi connectivity index (χ3n) is 2.40. The van der Waals surface area contributed by atoms with Crippen LogP contribution in [0.2, 0.25) is 0 Å². The molecule has 1 aromatic carbocycles. The SMILES string of the molecule is COc1cc(OC(C)C)c(C(=O)C(F)(F)F)cc1C(=O)O. The maximum absolute atomic E-state index is 12.6. The van der Waals surface area contributed by atoms with Crippen LogP contribution in [0.25, 0.3) is 0 Å². The van der Waals surface area contributed by atoms with Gasteiger partial charge in [-0.3, -0.25) is 4.79 Å². The number of carboxylic acid groups (broad SMARTS) is 1. The average Bonchev–Trinajstić information content (AvgIpc) is 2.35. The summed E-state index contributed by atoms with van der Waals surface area (Å²) in [5, 5.41) is 8.97. The summed E-state index contributed by atoms with van der Waals surface area (Å²) in [6.45, 7) is 3.11. The largest absolute Gasteiger partial charge is 0.496 e. The minimum absolute atomic E-state index is 0.197. The third-order valence-corrected chi connectivity index (χ3v) is 2.40. The smallest absolute Gasteiger partial charge is 0.455 e. The Balaban J connectivity index is 3.53. The van der Waals surface area contributed by atoms with Crippen molar-refractivity contribution < 1.29 is 37.3 Å². The molecule has 0 atom stereocenters. The number of Topliss-reactive ketones (excluding diaryl/α,β-unsaturated/α-hetero) is 1. The van der Waals surface area contributed by atoms with E-state index in [0.717, 1.165) is 13.2 Å². The van der Waals surface area contributed by atoms with Crippen molar-refractivity contribution in [2.45, 2.75) is 26.1 Å². The van der Waals surface area contributed by atoms with Crippen molar-refractivity contribution in [3.05, 3.63) is 23.3 Å². The molecule has 21 heavy (non-hydrogen) atoms. The van der Waals surface area contributed by atoms with Gasteiger partial charge in [-0.05, 0) is 19.9 Å². The summed E-state index contributed by atoms with van der Waals surface area (Å²) in [5.74, 6) is -4.27. The van der Waals surface area contributed by atoms with E-state index in [2.05, 4.69) is 0 Å². The number of ether oxygens (including phenoxy) is 2. The van der Waals surface area contributed by atoms with Gasteiger partial charge in [-0.15, -0.1) is 0 Å². The van der Waals surface area contributed by atoms with Gasteiger partial charge in [0.1, 0.15) is 17.1 Å². The predicted octanol–water partition coefficient (Wildman–Crippen LogP) is 2.93. The number of carbonyl (C=O) groups excluding carboxylic acids is 1. The van der Waals surface area contributed by atoms with Crippen LogP contribution in [-0.4, -0.2) is 36.2 Å².